The minimum absolute atomic E-state index is 0.0725. The van der Waals surface area contributed by atoms with Gasteiger partial charge in [0.2, 0.25) is 0 Å². The third kappa shape index (κ3) is 4.47. The lowest BCUT2D eigenvalue weighted by molar-refractivity contribution is 0.0216. The first-order valence-corrected chi connectivity index (χ1v) is 8.25. The molecule has 0 atom stereocenters. The molecule has 0 radical (unpaired) electrons. The average Bonchev–Trinajstić information content (AvgIpc) is 2.63. The first-order chi connectivity index (χ1) is 12.7. The second-order valence-electron chi connectivity index (χ2n) is 5.98. The van der Waals surface area contributed by atoms with Crippen LogP contribution in [0.2, 0.25) is 0 Å². The van der Waals surface area contributed by atoms with Crippen molar-refractivity contribution in [3.8, 4) is 23.3 Å². The van der Waals surface area contributed by atoms with Crippen molar-refractivity contribution in [1.29, 1.82) is 0 Å². The van der Waals surface area contributed by atoms with E-state index in [4.69, 9.17) is 9.84 Å². The van der Waals surface area contributed by atoms with Gasteiger partial charge in [0.1, 0.15) is 23.3 Å². The van der Waals surface area contributed by atoms with E-state index in [9.17, 15) is 9.59 Å². The van der Waals surface area contributed by atoms with Gasteiger partial charge in [-0.25, -0.2) is 4.98 Å². The number of benzene rings is 1. The van der Waals surface area contributed by atoms with Crippen molar-refractivity contribution < 1.29 is 19.4 Å². The molecule has 1 N–H and O–H groups in total. The molecule has 1 aliphatic rings. The van der Waals surface area contributed by atoms with Crippen LogP contribution in [0.1, 0.15) is 32.8 Å². The van der Waals surface area contributed by atoms with E-state index in [1.54, 1.807) is 30.3 Å². The average molecular weight is 350 g/mol. The van der Waals surface area contributed by atoms with Crippen molar-refractivity contribution in [1.82, 2.24) is 9.88 Å². The van der Waals surface area contributed by atoms with E-state index in [0.717, 1.165) is 26.1 Å². The van der Waals surface area contributed by atoms with Crippen molar-refractivity contribution >= 4 is 12.6 Å². The molecule has 0 amide bonds. The summed E-state index contributed by atoms with van der Waals surface area (Å²) >= 11 is 0. The van der Waals surface area contributed by atoms with Crippen molar-refractivity contribution in [2.24, 2.45) is 0 Å². The highest BCUT2D eigenvalue weighted by Crippen LogP contribution is 2.20. The van der Waals surface area contributed by atoms with Crippen LogP contribution >= 0.6 is 0 Å². The molecule has 2 aromatic rings. The number of rotatable bonds is 6. The first kappa shape index (κ1) is 17.6. The van der Waals surface area contributed by atoms with Crippen LogP contribution in [0, 0.1) is 11.8 Å². The van der Waals surface area contributed by atoms with Crippen LogP contribution in [0.4, 0.5) is 0 Å². The molecule has 0 spiro atoms. The summed E-state index contributed by atoms with van der Waals surface area (Å²) in [6.45, 7) is 2.44. The number of hydrogen-bond donors (Lipinski definition) is 1. The number of aldehydes is 2. The normalized spacial score (nSPS) is 14.0. The fourth-order valence-electron chi connectivity index (χ4n) is 2.63. The third-order valence-electron chi connectivity index (χ3n) is 4.06. The van der Waals surface area contributed by atoms with E-state index in [1.807, 2.05) is 0 Å². The lowest BCUT2D eigenvalue weighted by Gasteiger charge is -2.38. The van der Waals surface area contributed by atoms with Crippen LogP contribution in [0.5, 0.6) is 11.5 Å². The van der Waals surface area contributed by atoms with Gasteiger partial charge in [-0.2, -0.15) is 0 Å². The molecule has 1 aromatic carbocycles. The monoisotopic (exact) mass is 350 g/mol. The predicted molar refractivity (Wildman–Crippen MR) is 95.5 cm³/mol. The van der Waals surface area contributed by atoms with Crippen molar-refractivity contribution in [2.45, 2.75) is 12.5 Å². The number of nitrogens with zero attached hydrogens (tertiary/aromatic N) is 2. The zero-order valence-corrected chi connectivity index (χ0v) is 14.1. The minimum atomic E-state index is 0.0725. The molecule has 1 saturated heterocycles. The Hall–Kier alpha value is -3.17. The Morgan fingerprint density at radius 3 is 2.69 bits per heavy atom. The SMILES string of the molecule is O=Cc1ccc(OC2CN(CCC#Cc3ccc(O)cn3)C2)cc1C=O. The van der Waals surface area contributed by atoms with Gasteiger partial charge in [0.15, 0.2) is 12.6 Å². The predicted octanol–water partition coefficient (Wildman–Crippen LogP) is 1.92. The molecular weight excluding hydrogens is 332 g/mol. The van der Waals surface area contributed by atoms with Gasteiger partial charge in [-0.15, -0.1) is 0 Å². The van der Waals surface area contributed by atoms with E-state index in [1.165, 1.54) is 6.20 Å². The molecule has 132 valence electrons. The van der Waals surface area contributed by atoms with Gasteiger partial charge in [-0.05, 0) is 36.3 Å². The number of ether oxygens (including phenoxy) is 1. The Bertz CT molecular complexity index is 846. The number of hydrogen-bond acceptors (Lipinski definition) is 6. The van der Waals surface area contributed by atoms with E-state index in [2.05, 4.69) is 21.7 Å². The molecule has 26 heavy (non-hydrogen) atoms. The fourth-order valence-corrected chi connectivity index (χ4v) is 2.63. The van der Waals surface area contributed by atoms with Gasteiger partial charge < -0.3 is 9.84 Å². The molecule has 0 aliphatic carbocycles. The molecule has 1 aliphatic heterocycles. The quantitative estimate of drug-likeness (QED) is 0.633. The van der Waals surface area contributed by atoms with Crippen molar-refractivity contribution in [3.05, 3.63) is 53.3 Å². The highest BCUT2D eigenvalue weighted by molar-refractivity contribution is 5.90. The van der Waals surface area contributed by atoms with E-state index in [-0.39, 0.29) is 11.9 Å². The Morgan fingerprint density at radius 2 is 2.00 bits per heavy atom. The number of carbonyl (C=O) groups is 2. The van der Waals surface area contributed by atoms with Gasteiger partial charge in [0.25, 0.3) is 0 Å². The van der Waals surface area contributed by atoms with Gasteiger partial charge in [0, 0.05) is 37.2 Å². The minimum Gasteiger partial charge on any atom is -0.506 e. The number of likely N-dealkylation sites (tertiary alicyclic amines) is 1. The smallest absolute Gasteiger partial charge is 0.150 e. The molecule has 0 bridgehead atoms. The molecule has 0 unspecified atom stereocenters. The topological polar surface area (TPSA) is 79.7 Å². The van der Waals surface area contributed by atoms with Gasteiger partial charge >= 0.3 is 0 Å². The highest BCUT2D eigenvalue weighted by atomic mass is 16.5. The first-order valence-electron chi connectivity index (χ1n) is 8.25. The zero-order valence-electron chi connectivity index (χ0n) is 14.1. The Kier molecular flexibility index (Phi) is 5.62. The third-order valence-corrected chi connectivity index (χ3v) is 4.06. The highest BCUT2D eigenvalue weighted by Gasteiger charge is 2.27. The lowest BCUT2D eigenvalue weighted by Crippen LogP contribution is -2.53. The maximum atomic E-state index is 11.0. The number of carbonyl (C=O) groups excluding carboxylic acids is 2. The standard InChI is InChI=1S/C20H18N2O4/c23-13-15-4-7-19(9-16(15)14-24)26-20-11-22(12-20)8-2-1-3-17-5-6-18(25)10-21-17/h4-7,9-10,13-14,20,25H,2,8,11-12H2. The molecule has 1 fully saturated rings. The summed E-state index contributed by atoms with van der Waals surface area (Å²) in [5.74, 6) is 6.75. The van der Waals surface area contributed by atoms with Crippen LogP contribution in [0.25, 0.3) is 0 Å². The summed E-state index contributed by atoms with van der Waals surface area (Å²) in [5, 5.41) is 9.16. The van der Waals surface area contributed by atoms with E-state index in [0.29, 0.717) is 35.1 Å². The summed E-state index contributed by atoms with van der Waals surface area (Å²) < 4.78 is 5.82. The lowest BCUT2D eigenvalue weighted by atomic mass is 10.1. The molecule has 6 nitrogen and oxygen atoms in total. The number of aromatic nitrogens is 1. The largest absolute Gasteiger partial charge is 0.506 e. The summed E-state index contributed by atoms with van der Waals surface area (Å²) in [6, 6.07) is 8.13. The molecule has 0 saturated carbocycles. The summed E-state index contributed by atoms with van der Waals surface area (Å²) in [7, 11) is 0. The Balaban J connectivity index is 1.41. The second kappa shape index (κ2) is 8.28. The second-order valence-corrected chi connectivity index (χ2v) is 5.98. The Labute approximate surface area is 151 Å². The fraction of sp³-hybridized carbons (Fsp3) is 0.250. The van der Waals surface area contributed by atoms with Crippen LogP contribution in [0.3, 0.4) is 0 Å². The van der Waals surface area contributed by atoms with Crippen molar-refractivity contribution in [3.63, 3.8) is 0 Å². The molecular formula is C20H18N2O4. The molecule has 3 rings (SSSR count). The van der Waals surface area contributed by atoms with Crippen LogP contribution in [-0.2, 0) is 0 Å². The summed E-state index contributed by atoms with van der Waals surface area (Å²) in [4.78, 5) is 28.0. The molecule has 2 heterocycles. The van der Waals surface area contributed by atoms with Gasteiger partial charge in [-0.1, -0.05) is 5.92 Å². The maximum absolute atomic E-state index is 11.0. The van der Waals surface area contributed by atoms with Gasteiger partial charge in [-0.3, -0.25) is 14.5 Å². The van der Waals surface area contributed by atoms with Crippen LogP contribution in [-0.4, -0.2) is 53.3 Å². The van der Waals surface area contributed by atoms with Crippen LogP contribution in [0.15, 0.2) is 36.5 Å². The number of aromatic hydroxyl groups is 1. The molecule has 6 heteroatoms. The van der Waals surface area contributed by atoms with E-state index >= 15 is 0 Å². The Morgan fingerprint density at radius 1 is 1.19 bits per heavy atom. The zero-order chi connectivity index (χ0) is 18.4. The number of pyridine rings is 1. The maximum Gasteiger partial charge on any atom is 0.150 e. The van der Waals surface area contributed by atoms with Crippen LogP contribution < -0.4 is 4.74 Å². The van der Waals surface area contributed by atoms with E-state index < -0.39 is 0 Å². The summed E-state index contributed by atoms with van der Waals surface area (Å²) in [6.07, 6.45) is 3.49. The summed E-state index contributed by atoms with van der Waals surface area (Å²) in [5.41, 5.74) is 1.34. The van der Waals surface area contributed by atoms with Gasteiger partial charge in [0.05, 0.1) is 6.20 Å². The van der Waals surface area contributed by atoms with Crippen molar-refractivity contribution in [2.75, 3.05) is 19.6 Å². The molecule has 1 aromatic heterocycles.